The van der Waals surface area contributed by atoms with Gasteiger partial charge in [-0.2, -0.15) is 0 Å². The number of nitrogens with one attached hydrogen (secondary N) is 2. The van der Waals surface area contributed by atoms with Gasteiger partial charge in [0.25, 0.3) is 0 Å². The largest absolute Gasteiger partial charge is 1.00 e. The van der Waals surface area contributed by atoms with E-state index in [0.717, 1.165) is 0 Å². The lowest BCUT2D eigenvalue weighted by Crippen LogP contribution is -3.00. The van der Waals surface area contributed by atoms with Gasteiger partial charge in [-0.05, 0) is 18.2 Å². The summed E-state index contributed by atoms with van der Waals surface area (Å²) >= 11 is 0. The van der Waals surface area contributed by atoms with Crippen molar-refractivity contribution < 1.29 is 17.4 Å². The van der Waals surface area contributed by atoms with Crippen molar-refractivity contribution in [3.05, 3.63) is 54.7 Å². The second-order valence-corrected chi connectivity index (χ2v) is 4.29. The molecule has 0 bridgehead atoms. The van der Waals surface area contributed by atoms with Crippen molar-refractivity contribution in [1.82, 2.24) is 4.98 Å². The number of H-pyrrole nitrogens is 2. The highest BCUT2D eigenvalue weighted by Crippen LogP contribution is 2.28. The van der Waals surface area contributed by atoms with Crippen LogP contribution in [0.4, 0.5) is 0 Å². The van der Waals surface area contributed by atoms with E-state index < -0.39 is 0 Å². The number of aromatic amines is 2. The Labute approximate surface area is 110 Å². The zero-order valence-corrected chi connectivity index (χ0v) is 10.3. The zero-order valence-electron chi connectivity index (χ0n) is 9.57. The van der Waals surface area contributed by atoms with Gasteiger partial charge in [-0.1, -0.05) is 24.3 Å². The third-order valence-electron chi connectivity index (χ3n) is 3.31. The van der Waals surface area contributed by atoms with Gasteiger partial charge >= 0.3 is 0 Å². The summed E-state index contributed by atoms with van der Waals surface area (Å²) in [4.78, 5) is 6.81. The fourth-order valence-corrected chi connectivity index (χ4v) is 2.51. The summed E-state index contributed by atoms with van der Waals surface area (Å²) in [5.74, 6) is 0. The summed E-state index contributed by atoms with van der Waals surface area (Å²) in [5.41, 5.74) is 3.54. The van der Waals surface area contributed by atoms with E-state index in [2.05, 4.69) is 52.4 Å². The molecule has 0 aliphatic carbocycles. The second-order valence-electron chi connectivity index (χ2n) is 4.29. The average Bonchev–Trinajstić information content (AvgIpc) is 2.78. The molecule has 0 amide bonds. The summed E-state index contributed by atoms with van der Waals surface area (Å²) in [6.07, 6.45) is 1.97. The Balaban J connectivity index is 0.000001000. The van der Waals surface area contributed by atoms with E-state index in [4.69, 9.17) is 0 Å². The van der Waals surface area contributed by atoms with Crippen molar-refractivity contribution in [1.29, 1.82) is 0 Å². The van der Waals surface area contributed by atoms with Gasteiger partial charge in [0.05, 0.1) is 0 Å². The Kier molecular flexibility index (Phi) is 2.46. The third-order valence-corrected chi connectivity index (χ3v) is 3.31. The Hall–Kier alpha value is -2.06. The summed E-state index contributed by atoms with van der Waals surface area (Å²) in [7, 11) is 0. The highest BCUT2D eigenvalue weighted by atomic mass is 35.5. The minimum Gasteiger partial charge on any atom is -1.00 e. The molecule has 2 aromatic heterocycles. The average molecular weight is 255 g/mol. The first-order valence-electron chi connectivity index (χ1n) is 5.73. The number of fused-ring (bicyclic) bond motifs is 5. The second kappa shape index (κ2) is 4.00. The fraction of sp³-hybridized carbons (Fsp3) is 0. The van der Waals surface area contributed by atoms with E-state index >= 15 is 0 Å². The molecule has 88 valence electrons. The number of aromatic nitrogens is 2. The van der Waals surface area contributed by atoms with Crippen molar-refractivity contribution >= 4 is 32.7 Å². The van der Waals surface area contributed by atoms with Gasteiger partial charge in [-0.15, -0.1) is 0 Å². The molecule has 4 aromatic rings. The number of pyridine rings is 1. The summed E-state index contributed by atoms with van der Waals surface area (Å²) in [6.45, 7) is 0. The first kappa shape index (κ1) is 11.1. The molecule has 0 atom stereocenters. The molecule has 2 heterocycles. The van der Waals surface area contributed by atoms with Crippen molar-refractivity contribution in [3.63, 3.8) is 0 Å². The predicted octanol–water partition coefficient (Wildman–Crippen LogP) is 0.292. The van der Waals surface area contributed by atoms with Crippen LogP contribution in [0.5, 0.6) is 0 Å². The molecular formula is C15H11ClN2. The van der Waals surface area contributed by atoms with Crippen LogP contribution in [0, 0.1) is 0 Å². The van der Waals surface area contributed by atoms with Crippen LogP contribution in [0.2, 0.25) is 0 Å². The molecule has 18 heavy (non-hydrogen) atoms. The minimum absolute atomic E-state index is 0. The van der Waals surface area contributed by atoms with E-state index in [0.29, 0.717) is 0 Å². The monoisotopic (exact) mass is 254 g/mol. The molecule has 0 radical (unpaired) electrons. The van der Waals surface area contributed by atoms with Crippen molar-refractivity contribution in [2.24, 2.45) is 0 Å². The van der Waals surface area contributed by atoms with Gasteiger partial charge in [-0.3, -0.25) is 0 Å². The van der Waals surface area contributed by atoms with Crippen LogP contribution in [-0.4, -0.2) is 4.98 Å². The molecule has 0 unspecified atom stereocenters. The molecule has 2 aromatic carbocycles. The maximum atomic E-state index is 3.49. The van der Waals surface area contributed by atoms with E-state index in [1.807, 2.05) is 12.3 Å². The highest BCUT2D eigenvalue weighted by Gasteiger charge is 2.10. The van der Waals surface area contributed by atoms with Crippen LogP contribution in [0.25, 0.3) is 32.7 Å². The third kappa shape index (κ3) is 1.39. The number of hydrogen-bond acceptors (Lipinski definition) is 0. The smallest absolute Gasteiger partial charge is 0.235 e. The molecule has 0 saturated carbocycles. The van der Waals surface area contributed by atoms with Crippen LogP contribution in [0.3, 0.4) is 0 Å². The molecule has 2 N–H and O–H groups in total. The normalized spacial score (nSPS) is 10.9. The molecule has 0 spiro atoms. The number of rotatable bonds is 0. The van der Waals surface area contributed by atoms with Gasteiger partial charge in [0.2, 0.25) is 5.52 Å². The predicted molar refractivity (Wildman–Crippen MR) is 69.9 cm³/mol. The molecule has 0 saturated heterocycles. The van der Waals surface area contributed by atoms with Gasteiger partial charge < -0.3 is 17.4 Å². The molecule has 3 heteroatoms. The molecule has 0 aliphatic heterocycles. The number of benzene rings is 2. The van der Waals surface area contributed by atoms with Crippen LogP contribution in [0.1, 0.15) is 0 Å². The summed E-state index contributed by atoms with van der Waals surface area (Å²) in [6, 6.07) is 16.9. The maximum absolute atomic E-state index is 3.49. The Morgan fingerprint density at radius 1 is 0.833 bits per heavy atom. The van der Waals surface area contributed by atoms with Crippen LogP contribution in [0.15, 0.2) is 54.7 Å². The Bertz CT molecular complexity index is 849. The fourth-order valence-electron chi connectivity index (χ4n) is 2.51. The number of halogens is 1. The maximum Gasteiger partial charge on any atom is 0.235 e. The number of hydrogen-bond donors (Lipinski definition) is 1. The molecule has 0 aliphatic rings. The Morgan fingerprint density at radius 2 is 1.72 bits per heavy atom. The van der Waals surface area contributed by atoms with E-state index in [1.165, 1.54) is 32.7 Å². The molecular weight excluding hydrogens is 244 g/mol. The molecule has 4 rings (SSSR count). The SMILES string of the molecule is [Cl-].c1c[nH+]c2c(c1)ccc1c3ccccc3[nH]c12. The molecule has 0 fully saturated rings. The van der Waals surface area contributed by atoms with E-state index in [-0.39, 0.29) is 12.4 Å². The van der Waals surface area contributed by atoms with Crippen molar-refractivity contribution in [2.45, 2.75) is 0 Å². The quantitative estimate of drug-likeness (QED) is 0.468. The first-order chi connectivity index (χ1) is 8.43. The van der Waals surface area contributed by atoms with Crippen molar-refractivity contribution in [2.75, 3.05) is 0 Å². The lowest BCUT2D eigenvalue weighted by molar-refractivity contribution is -0.343. The first-order valence-corrected chi connectivity index (χ1v) is 5.73. The standard InChI is InChI=1S/C15H10N2.ClH/c1-2-6-13-11(5-1)12-8-7-10-4-3-9-16-14(10)15(12)17-13;/h1-9,17H;1H. The zero-order chi connectivity index (χ0) is 11.2. The van der Waals surface area contributed by atoms with Gasteiger partial charge in [0.15, 0.2) is 6.20 Å². The van der Waals surface area contributed by atoms with Crippen LogP contribution >= 0.6 is 0 Å². The Morgan fingerprint density at radius 3 is 2.67 bits per heavy atom. The topological polar surface area (TPSA) is 29.9 Å². The summed E-state index contributed by atoms with van der Waals surface area (Å²) in [5, 5.41) is 3.78. The lowest BCUT2D eigenvalue weighted by Gasteiger charge is -1.92. The number of para-hydroxylation sites is 1. The highest BCUT2D eigenvalue weighted by molar-refractivity contribution is 6.14. The van der Waals surface area contributed by atoms with E-state index in [1.54, 1.807) is 0 Å². The summed E-state index contributed by atoms with van der Waals surface area (Å²) < 4.78 is 0. The van der Waals surface area contributed by atoms with Crippen LogP contribution < -0.4 is 17.4 Å². The van der Waals surface area contributed by atoms with Gasteiger partial charge in [-0.25, -0.2) is 4.98 Å². The van der Waals surface area contributed by atoms with E-state index in [9.17, 15) is 0 Å². The van der Waals surface area contributed by atoms with Gasteiger partial charge in [0.1, 0.15) is 5.52 Å². The minimum atomic E-state index is 0. The molecule has 2 nitrogen and oxygen atoms in total. The van der Waals surface area contributed by atoms with Crippen molar-refractivity contribution in [3.8, 4) is 0 Å². The lowest BCUT2D eigenvalue weighted by atomic mass is 10.1. The van der Waals surface area contributed by atoms with Gasteiger partial charge in [0, 0.05) is 27.7 Å². The van der Waals surface area contributed by atoms with Crippen LogP contribution in [-0.2, 0) is 0 Å².